The molecule has 0 bridgehead atoms. The van der Waals surface area contributed by atoms with Gasteiger partial charge in [-0.3, -0.25) is 10.1 Å². The maximum atomic E-state index is 11.8. The van der Waals surface area contributed by atoms with Crippen molar-refractivity contribution in [2.75, 3.05) is 40.0 Å². The fraction of sp³-hybridized carbons (Fsp3) is 0.704. The van der Waals surface area contributed by atoms with E-state index < -0.39 is 0 Å². The second-order valence-electron chi connectivity index (χ2n) is 10.1. The number of nitrogens with zero attached hydrogens (tertiary/aromatic N) is 2. The fourth-order valence-electron chi connectivity index (χ4n) is 5.99. The van der Waals surface area contributed by atoms with Gasteiger partial charge < -0.3 is 25.8 Å². The molecule has 1 aromatic rings. The van der Waals surface area contributed by atoms with Crippen LogP contribution < -0.4 is 11.5 Å². The van der Waals surface area contributed by atoms with Gasteiger partial charge in [-0.2, -0.15) is 0 Å². The SMILES string of the molecule is COCCCOC(c1ccccc1)C1CCCN(C(=C[N+](=O)[O-])C(C(N)CN)C2CCCCC2)C1. The molecule has 1 aliphatic carbocycles. The van der Waals surface area contributed by atoms with Crippen LogP contribution in [-0.2, 0) is 9.47 Å². The van der Waals surface area contributed by atoms with Gasteiger partial charge in [-0.05, 0) is 43.6 Å². The minimum atomic E-state index is -0.312. The van der Waals surface area contributed by atoms with Gasteiger partial charge in [0.05, 0.1) is 16.7 Å². The number of likely N-dealkylation sites (tertiary alicyclic amines) is 1. The Balaban J connectivity index is 1.85. The molecule has 2 fully saturated rings. The smallest absolute Gasteiger partial charge is 0.253 e. The van der Waals surface area contributed by atoms with E-state index in [4.69, 9.17) is 20.9 Å². The van der Waals surface area contributed by atoms with Crippen molar-refractivity contribution in [3.8, 4) is 0 Å². The number of hydrogen-bond acceptors (Lipinski definition) is 7. The third-order valence-corrected chi connectivity index (χ3v) is 7.64. The highest BCUT2D eigenvalue weighted by molar-refractivity contribution is 5.19. The molecule has 8 nitrogen and oxygen atoms in total. The van der Waals surface area contributed by atoms with Crippen molar-refractivity contribution in [3.05, 3.63) is 57.9 Å². The topological polar surface area (TPSA) is 117 Å². The Labute approximate surface area is 210 Å². The molecule has 4 unspecified atom stereocenters. The summed E-state index contributed by atoms with van der Waals surface area (Å²) >= 11 is 0. The van der Waals surface area contributed by atoms with Crippen LogP contribution in [0.1, 0.15) is 63.0 Å². The van der Waals surface area contributed by atoms with E-state index in [2.05, 4.69) is 17.0 Å². The molecule has 2 aliphatic rings. The second-order valence-corrected chi connectivity index (χ2v) is 10.1. The van der Waals surface area contributed by atoms with Gasteiger partial charge in [0.15, 0.2) is 0 Å². The molecule has 35 heavy (non-hydrogen) atoms. The first-order valence-electron chi connectivity index (χ1n) is 13.3. The summed E-state index contributed by atoms with van der Waals surface area (Å²) in [5, 5.41) is 11.8. The van der Waals surface area contributed by atoms with E-state index in [9.17, 15) is 10.1 Å². The number of ether oxygens (including phenoxy) is 2. The largest absolute Gasteiger partial charge is 0.385 e. The normalized spacial score (nSPS) is 22.5. The minimum Gasteiger partial charge on any atom is -0.385 e. The highest BCUT2D eigenvalue weighted by Crippen LogP contribution is 2.40. The summed E-state index contributed by atoms with van der Waals surface area (Å²) in [4.78, 5) is 13.7. The monoisotopic (exact) mass is 488 g/mol. The van der Waals surface area contributed by atoms with Gasteiger partial charge in [0.25, 0.3) is 6.20 Å². The molecule has 0 radical (unpaired) electrons. The number of piperidine rings is 1. The van der Waals surface area contributed by atoms with Crippen LogP contribution in [0.5, 0.6) is 0 Å². The summed E-state index contributed by atoms with van der Waals surface area (Å²) in [5.74, 6) is 0.469. The molecule has 1 saturated heterocycles. The molecular formula is C27H44N4O4. The first-order valence-corrected chi connectivity index (χ1v) is 13.3. The van der Waals surface area contributed by atoms with Gasteiger partial charge in [0.2, 0.25) is 0 Å². The molecule has 4 atom stereocenters. The Morgan fingerprint density at radius 3 is 2.51 bits per heavy atom. The van der Waals surface area contributed by atoms with Crippen LogP contribution in [-0.4, -0.2) is 55.8 Å². The van der Waals surface area contributed by atoms with Gasteiger partial charge in [-0.15, -0.1) is 0 Å². The minimum absolute atomic E-state index is 0.0657. The lowest BCUT2D eigenvalue weighted by Crippen LogP contribution is -2.48. The molecule has 3 rings (SSSR count). The van der Waals surface area contributed by atoms with Crippen LogP contribution in [0.25, 0.3) is 0 Å². The number of hydrogen-bond donors (Lipinski definition) is 2. The zero-order valence-corrected chi connectivity index (χ0v) is 21.2. The average molecular weight is 489 g/mol. The number of rotatable bonds is 13. The Kier molecular flexibility index (Phi) is 11.5. The lowest BCUT2D eigenvalue weighted by molar-refractivity contribution is -0.405. The van der Waals surface area contributed by atoms with Crippen molar-refractivity contribution in [1.82, 2.24) is 4.90 Å². The number of nitro groups is 1. The third-order valence-electron chi connectivity index (χ3n) is 7.64. The summed E-state index contributed by atoms with van der Waals surface area (Å²) in [6, 6.07) is 10.0. The maximum Gasteiger partial charge on any atom is 0.253 e. The standard InChI is InChI=1S/C27H44N4O4/c1-34-16-9-17-35-27(22-12-6-3-7-13-22)23-14-8-15-30(19-23)25(20-31(32)33)26(24(29)18-28)21-10-4-2-5-11-21/h3,6-7,12-13,20-21,23-24,26-27H,2,4-5,8-11,14-19,28-29H2,1H3. The Hall–Kier alpha value is -2.00. The van der Waals surface area contributed by atoms with E-state index in [1.807, 2.05) is 18.2 Å². The average Bonchev–Trinajstić information content (AvgIpc) is 2.89. The van der Waals surface area contributed by atoms with E-state index in [0.29, 0.717) is 32.2 Å². The number of methoxy groups -OCH3 is 1. The lowest BCUT2D eigenvalue weighted by atomic mass is 9.74. The van der Waals surface area contributed by atoms with Crippen molar-refractivity contribution in [2.24, 2.45) is 29.2 Å². The molecule has 196 valence electrons. The quantitative estimate of drug-likeness (QED) is 0.244. The first kappa shape index (κ1) is 27.6. The van der Waals surface area contributed by atoms with Gasteiger partial charge in [-0.1, -0.05) is 49.6 Å². The molecule has 4 N–H and O–H groups in total. The van der Waals surface area contributed by atoms with Crippen molar-refractivity contribution in [1.29, 1.82) is 0 Å². The molecular weight excluding hydrogens is 444 g/mol. The predicted octanol–water partition coefficient (Wildman–Crippen LogP) is 4.09. The van der Waals surface area contributed by atoms with E-state index in [1.165, 1.54) is 12.6 Å². The molecule has 1 saturated carbocycles. The summed E-state index contributed by atoms with van der Waals surface area (Å²) in [6.45, 7) is 3.10. The highest BCUT2D eigenvalue weighted by Gasteiger charge is 2.38. The van der Waals surface area contributed by atoms with Crippen LogP contribution in [0.15, 0.2) is 42.2 Å². The molecule has 0 aromatic heterocycles. The fourth-order valence-corrected chi connectivity index (χ4v) is 5.99. The molecule has 1 aliphatic heterocycles. The van der Waals surface area contributed by atoms with E-state index in [1.54, 1.807) is 7.11 Å². The van der Waals surface area contributed by atoms with Gasteiger partial charge in [0, 0.05) is 57.8 Å². The summed E-state index contributed by atoms with van der Waals surface area (Å²) in [7, 11) is 1.70. The Morgan fingerprint density at radius 1 is 1.14 bits per heavy atom. The van der Waals surface area contributed by atoms with E-state index in [0.717, 1.165) is 62.8 Å². The summed E-state index contributed by atoms with van der Waals surface area (Å²) in [5.41, 5.74) is 14.5. The zero-order valence-electron chi connectivity index (χ0n) is 21.2. The third kappa shape index (κ3) is 8.00. The van der Waals surface area contributed by atoms with Crippen LogP contribution in [0.2, 0.25) is 0 Å². The van der Waals surface area contributed by atoms with Crippen LogP contribution in [0.4, 0.5) is 0 Å². The Bertz CT molecular complexity index is 785. The van der Waals surface area contributed by atoms with Crippen LogP contribution in [0.3, 0.4) is 0 Å². The Morgan fingerprint density at radius 2 is 1.86 bits per heavy atom. The van der Waals surface area contributed by atoms with Gasteiger partial charge >= 0.3 is 0 Å². The maximum absolute atomic E-state index is 11.8. The zero-order chi connectivity index (χ0) is 25.0. The number of benzene rings is 1. The van der Waals surface area contributed by atoms with E-state index >= 15 is 0 Å². The number of nitrogens with two attached hydrogens (primary N) is 2. The molecule has 8 heteroatoms. The van der Waals surface area contributed by atoms with Crippen molar-refractivity contribution in [2.45, 2.75) is 63.5 Å². The van der Waals surface area contributed by atoms with Crippen molar-refractivity contribution >= 4 is 0 Å². The van der Waals surface area contributed by atoms with Crippen LogP contribution >= 0.6 is 0 Å². The summed E-state index contributed by atoms with van der Waals surface area (Å²) in [6.07, 6.45) is 9.59. The molecule has 1 heterocycles. The van der Waals surface area contributed by atoms with Gasteiger partial charge in [-0.25, -0.2) is 0 Å². The van der Waals surface area contributed by atoms with Crippen LogP contribution in [0, 0.1) is 27.9 Å². The van der Waals surface area contributed by atoms with E-state index in [-0.39, 0.29) is 28.9 Å². The van der Waals surface area contributed by atoms with Crippen molar-refractivity contribution < 1.29 is 14.4 Å². The molecule has 0 spiro atoms. The highest BCUT2D eigenvalue weighted by atomic mass is 16.6. The molecule has 0 amide bonds. The first-order chi connectivity index (χ1) is 17.0. The predicted molar refractivity (Wildman–Crippen MR) is 138 cm³/mol. The second kappa shape index (κ2) is 14.5. The molecule has 1 aromatic carbocycles. The summed E-state index contributed by atoms with van der Waals surface area (Å²) < 4.78 is 11.6. The van der Waals surface area contributed by atoms with Crippen molar-refractivity contribution in [3.63, 3.8) is 0 Å². The van der Waals surface area contributed by atoms with Gasteiger partial charge in [0.1, 0.15) is 0 Å². The lowest BCUT2D eigenvalue weighted by Gasteiger charge is -2.43.